The zero-order chi connectivity index (χ0) is 13.5. The fourth-order valence-electron chi connectivity index (χ4n) is 3.29. The molecule has 0 spiro atoms. The molecule has 1 amide bonds. The molecule has 0 N–H and O–H groups in total. The van der Waals surface area contributed by atoms with Crippen LogP contribution in [0.15, 0.2) is 18.2 Å². The number of carbonyl (C=O) groups excluding carboxylic acids is 1. The van der Waals surface area contributed by atoms with Crippen molar-refractivity contribution in [1.29, 1.82) is 0 Å². The zero-order valence-corrected chi connectivity index (χ0v) is 11.4. The van der Waals surface area contributed by atoms with Crippen LogP contribution in [0.4, 0.5) is 4.79 Å². The van der Waals surface area contributed by atoms with Crippen molar-refractivity contribution in [2.75, 3.05) is 32.8 Å². The van der Waals surface area contributed by atoms with Gasteiger partial charge in [0.15, 0.2) is 0 Å². The number of rotatable bonds is 2. The van der Waals surface area contributed by atoms with Crippen LogP contribution in [0, 0.1) is 0 Å². The molecule has 0 aromatic heterocycles. The number of benzene rings is 1. The molecule has 5 nitrogen and oxygen atoms in total. The van der Waals surface area contributed by atoms with E-state index < -0.39 is 0 Å². The minimum atomic E-state index is -0.149. The lowest BCUT2D eigenvalue weighted by molar-refractivity contribution is 0.115. The van der Waals surface area contributed by atoms with E-state index in [9.17, 15) is 4.79 Å². The zero-order valence-electron chi connectivity index (χ0n) is 11.4. The summed E-state index contributed by atoms with van der Waals surface area (Å²) in [5.74, 6) is 1.04. The standard InChI is InChI=1S/C15H18N2O3/c18-15-17-5-4-16(9-13(17)10-20-15)8-11-1-2-14-12(7-11)3-6-19-14/h1-2,7,13H,3-6,8-10H2. The second-order valence-electron chi connectivity index (χ2n) is 5.70. The van der Waals surface area contributed by atoms with Crippen molar-refractivity contribution in [3.63, 3.8) is 0 Å². The maximum Gasteiger partial charge on any atom is 0.410 e. The molecule has 1 atom stereocenters. The summed E-state index contributed by atoms with van der Waals surface area (Å²) in [4.78, 5) is 15.7. The van der Waals surface area contributed by atoms with Gasteiger partial charge in [-0.1, -0.05) is 12.1 Å². The molecule has 5 heteroatoms. The second kappa shape index (κ2) is 4.66. The minimum absolute atomic E-state index is 0.149. The Morgan fingerprint density at radius 1 is 1.25 bits per heavy atom. The van der Waals surface area contributed by atoms with E-state index in [1.165, 1.54) is 11.1 Å². The molecule has 1 unspecified atom stereocenters. The van der Waals surface area contributed by atoms with Crippen LogP contribution in [0.3, 0.4) is 0 Å². The average Bonchev–Trinajstić information content (AvgIpc) is 3.05. The van der Waals surface area contributed by atoms with Gasteiger partial charge in [-0.2, -0.15) is 0 Å². The number of ether oxygens (including phenoxy) is 2. The van der Waals surface area contributed by atoms with E-state index >= 15 is 0 Å². The van der Waals surface area contributed by atoms with Gasteiger partial charge in [-0.25, -0.2) is 4.79 Å². The van der Waals surface area contributed by atoms with Gasteiger partial charge in [0.25, 0.3) is 0 Å². The van der Waals surface area contributed by atoms with Gasteiger partial charge in [0.05, 0.1) is 12.6 Å². The lowest BCUT2D eigenvalue weighted by Gasteiger charge is -2.35. The number of hydrogen-bond acceptors (Lipinski definition) is 4. The van der Waals surface area contributed by atoms with E-state index in [0.717, 1.165) is 45.0 Å². The first-order chi connectivity index (χ1) is 9.79. The van der Waals surface area contributed by atoms with Gasteiger partial charge in [0.2, 0.25) is 0 Å². The van der Waals surface area contributed by atoms with Gasteiger partial charge >= 0.3 is 6.09 Å². The number of hydrogen-bond donors (Lipinski definition) is 0. The topological polar surface area (TPSA) is 42.0 Å². The number of amides is 1. The molecule has 3 aliphatic rings. The van der Waals surface area contributed by atoms with E-state index in [4.69, 9.17) is 9.47 Å². The van der Waals surface area contributed by atoms with E-state index in [-0.39, 0.29) is 12.1 Å². The summed E-state index contributed by atoms with van der Waals surface area (Å²) >= 11 is 0. The normalized spacial score (nSPS) is 25.1. The fraction of sp³-hybridized carbons (Fsp3) is 0.533. The highest BCUT2D eigenvalue weighted by molar-refractivity contribution is 5.70. The van der Waals surface area contributed by atoms with Crippen LogP contribution in [0.1, 0.15) is 11.1 Å². The van der Waals surface area contributed by atoms with Crippen LogP contribution < -0.4 is 4.74 Å². The Bertz CT molecular complexity index is 546. The SMILES string of the molecule is O=C1OCC2CN(Cc3ccc4c(c3)CCO4)CCN12. The van der Waals surface area contributed by atoms with E-state index in [1.807, 2.05) is 4.90 Å². The van der Waals surface area contributed by atoms with E-state index in [0.29, 0.717) is 6.61 Å². The molecular weight excluding hydrogens is 256 g/mol. The third-order valence-corrected chi connectivity index (χ3v) is 4.36. The quantitative estimate of drug-likeness (QED) is 0.814. The highest BCUT2D eigenvalue weighted by Crippen LogP contribution is 2.27. The fourth-order valence-corrected chi connectivity index (χ4v) is 3.29. The van der Waals surface area contributed by atoms with Crippen LogP contribution >= 0.6 is 0 Å². The molecule has 1 aromatic rings. The number of cyclic esters (lactones) is 1. The van der Waals surface area contributed by atoms with Crippen molar-refractivity contribution in [3.8, 4) is 5.75 Å². The number of fused-ring (bicyclic) bond motifs is 2. The van der Waals surface area contributed by atoms with Crippen molar-refractivity contribution in [2.24, 2.45) is 0 Å². The van der Waals surface area contributed by atoms with Crippen molar-refractivity contribution in [3.05, 3.63) is 29.3 Å². The van der Waals surface area contributed by atoms with Crippen LogP contribution in [-0.2, 0) is 17.7 Å². The number of piperazine rings is 1. The highest BCUT2D eigenvalue weighted by atomic mass is 16.6. The van der Waals surface area contributed by atoms with Crippen molar-refractivity contribution in [2.45, 2.75) is 19.0 Å². The molecule has 106 valence electrons. The number of carbonyl (C=O) groups is 1. The lowest BCUT2D eigenvalue weighted by Crippen LogP contribution is -2.51. The summed E-state index contributed by atoms with van der Waals surface area (Å²) in [6.45, 7) is 4.87. The predicted octanol–water partition coefficient (Wildman–Crippen LogP) is 1.26. The molecule has 1 aromatic carbocycles. The summed E-state index contributed by atoms with van der Waals surface area (Å²) in [7, 11) is 0. The number of nitrogens with zero attached hydrogens (tertiary/aromatic N) is 2. The maximum atomic E-state index is 11.5. The summed E-state index contributed by atoms with van der Waals surface area (Å²) in [6.07, 6.45) is 0.867. The van der Waals surface area contributed by atoms with Crippen molar-refractivity contribution in [1.82, 2.24) is 9.80 Å². The van der Waals surface area contributed by atoms with Crippen molar-refractivity contribution < 1.29 is 14.3 Å². The molecule has 0 aliphatic carbocycles. The lowest BCUT2D eigenvalue weighted by atomic mass is 10.1. The largest absolute Gasteiger partial charge is 0.493 e. The molecular formula is C15H18N2O3. The predicted molar refractivity (Wildman–Crippen MR) is 72.8 cm³/mol. The Morgan fingerprint density at radius 3 is 3.15 bits per heavy atom. The monoisotopic (exact) mass is 274 g/mol. The highest BCUT2D eigenvalue weighted by Gasteiger charge is 2.37. The van der Waals surface area contributed by atoms with Crippen LogP contribution in [0.5, 0.6) is 5.75 Å². The van der Waals surface area contributed by atoms with Gasteiger partial charge in [0, 0.05) is 32.6 Å². The average molecular weight is 274 g/mol. The van der Waals surface area contributed by atoms with Crippen LogP contribution in [0.2, 0.25) is 0 Å². The van der Waals surface area contributed by atoms with Gasteiger partial charge in [-0.15, -0.1) is 0 Å². The Labute approximate surface area is 118 Å². The van der Waals surface area contributed by atoms with Gasteiger partial charge < -0.3 is 9.47 Å². The first-order valence-corrected chi connectivity index (χ1v) is 7.20. The van der Waals surface area contributed by atoms with Crippen LogP contribution in [0.25, 0.3) is 0 Å². The van der Waals surface area contributed by atoms with Gasteiger partial charge in [-0.3, -0.25) is 9.80 Å². The van der Waals surface area contributed by atoms with E-state index in [1.54, 1.807) is 0 Å². The Kier molecular flexibility index (Phi) is 2.80. The Morgan fingerprint density at radius 2 is 2.20 bits per heavy atom. The molecule has 3 heterocycles. The van der Waals surface area contributed by atoms with Gasteiger partial charge in [-0.05, 0) is 17.2 Å². The molecule has 2 saturated heterocycles. The third kappa shape index (κ3) is 2.02. The summed E-state index contributed by atoms with van der Waals surface area (Å²) < 4.78 is 10.6. The first kappa shape index (κ1) is 12.0. The summed E-state index contributed by atoms with van der Waals surface area (Å²) in [5.41, 5.74) is 2.65. The molecule has 2 fully saturated rings. The Balaban J connectivity index is 1.44. The van der Waals surface area contributed by atoms with Crippen LogP contribution in [-0.4, -0.2) is 54.8 Å². The molecule has 0 bridgehead atoms. The third-order valence-electron chi connectivity index (χ3n) is 4.36. The Hall–Kier alpha value is -1.75. The smallest absolute Gasteiger partial charge is 0.410 e. The molecule has 4 rings (SSSR count). The summed E-state index contributed by atoms with van der Waals surface area (Å²) in [5, 5.41) is 0. The van der Waals surface area contributed by atoms with Gasteiger partial charge in [0.1, 0.15) is 12.4 Å². The minimum Gasteiger partial charge on any atom is -0.493 e. The molecule has 0 saturated carbocycles. The van der Waals surface area contributed by atoms with Crippen molar-refractivity contribution >= 4 is 6.09 Å². The van der Waals surface area contributed by atoms with E-state index in [2.05, 4.69) is 23.1 Å². The first-order valence-electron chi connectivity index (χ1n) is 7.20. The summed E-state index contributed by atoms with van der Waals surface area (Å²) in [6, 6.07) is 6.71. The molecule has 0 radical (unpaired) electrons. The molecule has 3 aliphatic heterocycles. The second-order valence-corrected chi connectivity index (χ2v) is 5.70. The molecule has 20 heavy (non-hydrogen) atoms. The maximum absolute atomic E-state index is 11.5.